The molecule has 0 aromatic heterocycles. The van der Waals surface area contributed by atoms with E-state index in [-0.39, 0.29) is 29.8 Å². The second kappa shape index (κ2) is 10.0. The average Bonchev–Trinajstić information content (AvgIpc) is 2.54. The van der Waals surface area contributed by atoms with Crippen LogP contribution in [0.25, 0.3) is 0 Å². The summed E-state index contributed by atoms with van der Waals surface area (Å²) in [5.74, 6) is 0.0512. The van der Waals surface area contributed by atoms with Crippen LogP contribution < -0.4 is 5.32 Å². The quantitative estimate of drug-likeness (QED) is 0.703. The topological polar surface area (TPSA) is 55.4 Å². The molecule has 4 heteroatoms. The molecule has 1 N–H and O–H groups in total. The van der Waals surface area contributed by atoms with Gasteiger partial charge in [-0.05, 0) is 38.2 Å². The molecule has 23 heavy (non-hydrogen) atoms. The van der Waals surface area contributed by atoms with Crippen LogP contribution in [0.3, 0.4) is 0 Å². The van der Waals surface area contributed by atoms with Crippen molar-refractivity contribution in [1.29, 1.82) is 0 Å². The fraction of sp³-hybridized carbons (Fsp3) is 0.579. The maximum absolute atomic E-state index is 12.4. The summed E-state index contributed by atoms with van der Waals surface area (Å²) in [6.45, 7) is 8.22. The Morgan fingerprint density at radius 2 is 1.78 bits per heavy atom. The molecule has 1 rings (SSSR count). The number of carbonyl (C=O) groups is 2. The van der Waals surface area contributed by atoms with Crippen molar-refractivity contribution in [3.8, 4) is 0 Å². The van der Waals surface area contributed by atoms with Crippen molar-refractivity contribution in [3.05, 3.63) is 35.9 Å². The molecule has 3 unspecified atom stereocenters. The number of esters is 1. The normalized spacial score (nSPS) is 14.6. The molecular weight excluding hydrogens is 290 g/mol. The number of amides is 1. The number of nitrogens with one attached hydrogen (secondary N) is 1. The van der Waals surface area contributed by atoms with Crippen molar-refractivity contribution < 1.29 is 14.3 Å². The monoisotopic (exact) mass is 319 g/mol. The van der Waals surface area contributed by atoms with Crippen molar-refractivity contribution in [2.24, 2.45) is 11.8 Å². The maximum atomic E-state index is 12.4. The van der Waals surface area contributed by atoms with Crippen LogP contribution in [0.4, 0.5) is 0 Å². The molecule has 0 aliphatic heterocycles. The van der Waals surface area contributed by atoms with E-state index in [1.807, 2.05) is 44.2 Å². The van der Waals surface area contributed by atoms with Gasteiger partial charge in [-0.3, -0.25) is 9.59 Å². The zero-order valence-corrected chi connectivity index (χ0v) is 14.7. The van der Waals surface area contributed by atoms with E-state index in [2.05, 4.69) is 12.2 Å². The average molecular weight is 319 g/mol. The van der Waals surface area contributed by atoms with Crippen molar-refractivity contribution in [2.75, 3.05) is 6.61 Å². The lowest BCUT2D eigenvalue weighted by Crippen LogP contribution is -2.34. The van der Waals surface area contributed by atoms with Gasteiger partial charge in [0, 0.05) is 12.3 Å². The van der Waals surface area contributed by atoms with Gasteiger partial charge >= 0.3 is 5.97 Å². The molecule has 3 atom stereocenters. The van der Waals surface area contributed by atoms with Gasteiger partial charge in [-0.1, -0.05) is 44.2 Å². The van der Waals surface area contributed by atoms with Gasteiger partial charge in [-0.15, -0.1) is 0 Å². The zero-order valence-electron chi connectivity index (χ0n) is 14.7. The Bertz CT molecular complexity index is 487. The van der Waals surface area contributed by atoms with Crippen LogP contribution in [0, 0.1) is 11.8 Å². The molecule has 0 radical (unpaired) electrons. The van der Waals surface area contributed by atoms with E-state index in [0.717, 1.165) is 18.4 Å². The summed E-state index contributed by atoms with van der Waals surface area (Å²) in [4.78, 5) is 23.7. The molecule has 0 saturated heterocycles. The van der Waals surface area contributed by atoms with Gasteiger partial charge in [0.15, 0.2) is 0 Å². The lowest BCUT2D eigenvalue weighted by atomic mass is 9.90. The minimum absolute atomic E-state index is 0.00196. The third kappa shape index (κ3) is 6.85. The van der Waals surface area contributed by atoms with Gasteiger partial charge in [0.25, 0.3) is 0 Å². The number of hydrogen-bond donors (Lipinski definition) is 1. The Morgan fingerprint density at radius 3 is 2.39 bits per heavy atom. The third-order valence-electron chi connectivity index (χ3n) is 4.27. The molecule has 0 aliphatic rings. The minimum atomic E-state index is -0.158. The molecule has 0 spiro atoms. The first-order valence-corrected chi connectivity index (χ1v) is 8.46. The summed E-state index contributed by atoms with van der Waals surface area (Å²) in [6.07, 6.45) is 2.02. The molecule has 1 amide bonds. The van der Waals surface area contributed by atoms with E-state index < -0.39 is 0 Å². The smallest absolute Gasteiger partial charge is 0.305 e. The Balaban J connectivity index is 2.38. The minimum Gasteiger partial charge on any atom is -0.466 e. The highest BCUT2D eigenvalue weighted by Gasteiger charge is 2.22. The van der Waals surface area contributed by atoms with Gasteiger partial charge in [0.05, 0.1) is 12.6 Å². The summed E-state index contributed by atoms with van der Waals surface area (Å²) >= 11 is 0. The fourth-order valence-electron chi connectivity index (χ4n) is 2.48. The van der Waals surface area contributed by atoms with Crippen LogP contribution in [-0.4, -0.2) is 18.5 Å². The summed E-state index contributed by atoms with van der Waals surface area (Å²) in [5.41, 5.74) is 1.10. The lowest BCUT2D eigenvalue weighted by molar-refractivity contribution is -0.143. The highest BCUT2D eigenvalue weighted by Crippen LogP contribution is 2.20. The van der Waals surface area contributed by atoms with E-state index >= 15 is 0 Å². The van der Waals surface area contributed by atoms with Crippen LogP contribution >= 0.6 is 0 Å². The van der Waals surface area contributed by atoms with Crippen molar-refractivity contribution in [3.63, 3.8) is 0 Å². The Hall–Kier alpha value is -1.84. The van der Waals surface area contributed by atoms with Crippen LogP contribution in [0.15, 0.2) is 30.3 Å². The summed E-state index contributed by atoms with van der Waals surface area (Å²) in [6, 6.07) is 9.93. The van der Waals surface area contributed by atoms with Gasteiger partial charge in [-0.25, -0.2) is 0 Å². The highest BCUT2D eigenvalue weighted by molar-refractivity contribution is 5.79. The van der Waals surface area contributed by atoms with Gasteiger partial charge in [0.1, 0.15) is 0 Å². The van der Waals surface area contributed by atoms with Gasteiger partial charge in [-0.2, -0.15) is 0 Å². The molecule has 0 saturated carbocycles. The van der Waals surface area contributed by atoms with E-state index in [9.17, 15) is 9.59 Å². The van der Waals surface area contributed by atoms with Crippen molar-refractivity contribution in [2.45, 2.75) is 53.0 Å². The fourth-order valence-corrected chi connectivity index (χ4v) is 2.48. The first-order valence-electron chi connectivity index (χ1n) is 8.46. The lowest BCUT2D eigenvalue weighted by Gasteiger charge is -2.22. The third-order valence-corrected chi connectivity index (χ3v) is 4.27. The van der Waals surface area contributed by atoms with Gasteiger partial charge < -0.3 is 10.1 Å². The number of rotatable bonds is 9. The SMILES string of the molecule is CCOC(=O)CCCC(C)C(C)C(=O)NC(C)c1ccccc1. The molecule has 0 fully saturated rings. The summed E-state index contributed by atoms with van der Waals surface area (Å²) in [5, 5.41) is 3.07. The molecule has 1 aromatic carbocycles. The molecule has 0 bridgehead atoms. The largest absolute Gasteiger partial charge is 0.466 e. The van der Waals surface area contributed by atoms with E-state index in [0.29, 0.717) is 13.0 Å². The van der Waals surface area contributed by atoms with Gasteiger partial charge in [0.2, 0.25) is 5.91 Å². The second-order valence-corrected chi connectivity index (χ2v) is 6.10. The molecule has 4 nitrogen and oxygen atoms in total. The number of benzene rings is 1. The molecule has 128 valence electrons. The summed E-state index contributed by atoms with van der Waals surface area (Å²) in [7, 11) is 0. The highest BCUT2D eigenvalue weighted by atomic mass is 16.5. The second-order valence-electron chi connectivity index (χ2n) is 6.10. The van der Waals surface area contributed by atoms with Crippen molar-refractivity contribution >= 4 is 11.9 Å². The summed E-state index contributed by atoms with van der Waals surface area (Å²) < 4.78 is 4.92. The van der Waals surface area contributed by atoms with Crippen molar-refractivity contribution in [1.82, 2.24) is 5.32 Å². The van der Waals surface area contributed by atoms with E-state index in [4.69, 9.17) is 4.74 Å². The van der Waals surface area contributed by atoms with E-state index in [1.54, 1.807) is 6.92 Å². The predicted octanol–water partition coefficient (Wildman–Crippen LogP) is 3.87. The standard InChI is InChI=1S/C19H29NO3/c1-5-23-18(21)13-9-10-14(2)15(3)19(22)20-16(4)17-11-7-6-8-12-17/h6-8,11-12,14-16H,5,9-10,13H2,1-4H3,(H,20,22). The number of hydrogen-bond acceptors (Lipinski definition) is 3. The Kier molecular flexibility index (Phi) is 8.38. The zero-order chi connectivity index (χ0) is 17.2. The first-order chi connectivity index (χ1) is 11.0. The Morgan fingerprint density at radius 1 is 1.13 bits per heavy atom. The molecule has 1 aromatic rings. The predicted molar refractivity (Wildman–Crippen MR) is 91.8 cm³/mol. The van der Waals surface area contributed by atoms with Crippen LogP contribution in [-0.2, 0) is 14.3 Å². The van der Waals surface area contributed by atoms with Crippen LogP contribution in [0.1, 0.15) is 58.6 Å². The maximum Gasteiger partial charge on any atom is 0.305 e. The van der Waals surface area contributed by atoms with E-state index in [1.165, 1.54) is 0 Å². The molecule has 0 aliphatic carbocycles. The van der Waals surface area contributed by atoms with Crippen LogP contribution in [0.5, 0.6) is 0 Å². The Labute approximate surface area is 139 Å². The van der Waals surface area contributed by atoms with Crippen LogP contribution in [0.2, 0.25) is 0 Å². The first kappa shape index (κ1) is 19.2. The molecular formula is C19H29NO3. The molecule has 0 heterocycles. The number of carbonyl (C=O) groups excluding carboxylic acids is 2. The number of ether oxygens (including phenoxy) is 1.